The summed E-state index contributed by atoms with van der Waals surface area (Å²) in [5, 5.41) is 8.81. The lowest BCUT2D eigenvalue weighted by Gasteiger charge is -2.22. The van der Waals surface area contributed by atoms with Gasteiger partial charge in [-0.25, -0.2) is 9.18 Å². The first kappa shape index (κ1) is 12.6. The first-order valence-electron chi connectivity index (χ1n) is 5.36. The third kappa shape index (κ3) is 2.12. The molecule has 2 rings (SSSR count). The van der Waals surface area contributed by atoms with Gasteiger partial charge in [0.1, 0.15) is 23.8 Å². The van der Waals surface area contributed by atoms with Crippen molar-refractivity contribution in [2.24, 2.45) is 10.7 Å². The molecule has 0 aromatic heterocycles. The van der Waals surface area contributed by atoms with Gasteiger partial charge in [-0.15, -0.1) is 6.42 Å². The maximum Gasteiger partial charge on any atom is 0.346 e. The van der Waals surface area contributed by atoms with E-state index in [0.29, 0.717) is 5.56 Å². The highest BCUT2D eigenvalue weighted by Crippen LogP contribution is 2.27. The Morgan fingerprint density at radius 1 is 1.58 bits per heavy atom. The van der Waals surface area contributed by atoms with Crippen LogP contribution in [0.5, 0.6) is 0 Å². The molecule has 1 aliphatic rings. The fraction of sp³-hybridized carbons (Fsp3) is 0.154. The number of terminal acetylenes is 1. The lowest BCUT2D eigenvalue weighted by atomic mass is 10.0. The normalized spacial score (nSPS) is 17.8. The Hall–Kier alpha value is -2.86. The predicted octanol–water partition coefficient (Wildman–Crippen LogP) is 1.16. The van der Waals surface area contributed by atoms with E-state index in [1.165, 1.54) is 17.0 Å². The molecule has 0 fully saturated rings. The van der Waals surface area contributed by atoms with E-state index >= 15 is 0 Å². The molecule has 0 bridgehead atoms. The number of rotatable bonds is 2. The average Bonchev–Trinajstić information content (AvgIpc) is 2.66. The van der Waals surface area contributed by atoms with Gasteiger partial charge < -0.3 is 5.73 Å². The van der Waals surface area contributed by atoms with E-state index in [9.17, 15) is 9.18 Å². The number of amides is 2. The molecule has 2 N–H and O–H groups in total. The van der Waals surface area contributed by atoms with Crippen LogP contribution in [0.4, 0.5) is 9.18 Å². The minimum Gasteiger partial charge on any atom is -0.385 e. The van der Waals surface area contributed by atoms with Gasteiger partial charge in [0.25, 0.3) is 0 Å². The second kappa shape index (κ2) is 4.79. The van der Waals surface area contributed by atoms with E-state index in [1.54, 1.807) is 6.07 Å². The van der Waals surface area contributed by atoms with Crippen LogP contribution in [-0.2, 0) is 0 Å². The third-order valence-corrected chi connectivity index (χ3v) is 2.75. The second-order valence-electron chi connectivity index (χ2n) is 3.90. The summed E-state index contributed by atoms with van der Waals surface area (Å²) in [7, 11) is 0. The molecule has 0 saturated carbocycles. The number of hydrogen-bond donors (Lipinski definition) is 1. The highest BCUT2D eigenvalue weighted by Gasteiger charge is 2.34. The number of amidine groups is 1. The minimum absolute atomic E-state index is 0.0347. The summed E-state index contributed by atoms with van der Waals surface area (Å²) in [5.74, 6) is 1.79. The zero-order valence-electron chi connectivity index (χ0n) is 9.80. The van der Waals surface area contributed by atoms with Crippen LogP contribution in [-0.4, -0.2) is 23.3 Å². The number of nitriles is 1. The standard InChI is InChI=1S/C13H9FN4O/c1-2-5-18-11(12(16)17-13(18)19)8-3-4-10(14)9(6-8)7-15/h1,3-4,6,11H,5H2,(H2,16,17,19). The van der Waals surface area contributed by atoms with Gasteiger partial charge in [-0.3, -0.25) is 4.90 Å². The summed E-state index contributed by atoms with van der Waals surface area (Å²) in [6, 6.07) is 4.48. The number of halogens is 1. The summed E-state index contributed by atoms with van der Waals surface area (Å²) in [6.45, 7) is 0.0347. The molecular weight excluding hydrogens is 247 g/mol. The predicted molar refractivity (Wildman–Crippen MR) is 66.4 cm³/mol. The molecule has 19 heavy (non-hydrogen) atoms. The molecule has 1 heterocycles. The van der Waals surface area contributed by atoms with Crippen LogP contribution in [0.1, 0.15) is 17.2 Å². The van der Waals surface area contributed by atoms with Gasteiger partial charge in [0, 0.05) is 0 Å². The van der Waals surface area contributed by atoms with Crippen molar-refractivity contribution >= 4 is 11.9 Å². The monoisotopic (exact) mass is 256 g/mol. The molecule has 0 saturated heterocycles. The van der Waals surface area contributed by atoms with E-state index in [-0.39, 0.29) is 17.9 Å². The third-order valence-electron chi connectivity index (χ3n) is 2.75. The van der Waals surface area contributed by atoms with Crippen LogP contribution >= 0.6 is 0 Å². The average molecular weight is 256 g/mol. The number of carbonyl (C=O) groups is 1. The van der Waals surface area contributed by atoms with Crippen molar-refractivity contribution in [3.8, 4) is 18.4 Å². The molecule has 6 heteroatoms. The minimum atomic E-state index is -0.656. The fourth-order valence-corrected chi connectivity index (χ4v) is 1.91. The number of nitrogens with two attached hydrogens (primary N) is 1. The van der Waals surface area contributed by atoms with Gasteiger partial charge >= 0.3 is 6.03 Å². The van der Waals surface area contributed by atoms with Crippen LogP contribution < -0.4 is 5.73 Å². The van der Waals surface area contributed by atoms with Gasteiger partial charge in [-0.05, 0) is 17.7 Å². The number of aliphatic imine (C=N–C) groups is 1. The molecular formula is C13H9FN4O. The van der Waals surface area contributed by atoms with Gasteiger partial charge in [0.05, 0.1) is 12.1 Å². The van der Waals surface area contributed by atoms with Crippen LogP contribution in [0.3, 0.4) is 0 Å². The molecule has 1 atom stereocenters. The maximum atomic E-state index is 13.3. The van der Waals surface area contributed by atoms with Gasteiger partial charge in [-0.1, -0.05) is 12.0 Å². The van der Waals surface area contributed by atoms with Crippen molar-refractivity contribution < 1.29 is 9.18 Å². The van der Waals surface area contributed by atoms with Crippen LogP contribution in [0, 0.1) is 29.5 Å². The van der Waals surface area contributed by atoms with Crippen LogP contribution in [0.2, 0.25) is 0 Å². The Balaban J connectivity index is 2.46. The molecule has 1 aromatic carbocycles. The van der Waals surface area contributed by atoms with Crippen molar-refractivity contribution in [2.75, 3.05) is 6.54 Å². The molecule has 0 aliphatic carbocycles. The highest BCUT2D eigenvalue weighted by molar-refractivity contribution is 6.03. The summed E-state index contributed by atoms with van der Waals surface area (Å²) in [4.78, 5) is 16.5. The topological polar surface area (TPSA) is 82.5 Å². The molecule has 94 valence electrons. The molecule has 0 spiro atoms. The lowest BCUT2D eigenvalue weighted by molar-refractivity contribution is 0.213. The quantitative estimate of drug-likeness (QED) is 0.806. The van der Waals surface area contributed by atoms with Gasteiger partial charge in [0.15, 0.2) is 0 Å². The number of carbonyl (C=O) groups excluding carboxylic acids is 1. The van der Waals surface area contributed by atoms with Crippen LogP contribution in [0.25, 0.3) is 0 Å². The largest absolute Gasteiger partial charge is 0.385 e. The van der Waals surface area contributed by atoms with Crippen molar-refractivity contribution in [3.05, 3.63) is 35.1 Å². The summed E-state index contributed by atoms with van der Waals surface area (Å²) in [6.07, 6.45) is 5.19. The van der Waals surface area contributed by atoms with Crippen molar-refractivity contribution in [3.63, 3.8) is 0 Å². The lowest BCUT2D eigenvalue weighted by Crippen LogP contribution is -2.33. The Morgan fingerprint density at radius 2 is 2.32 bits per heavy atom. The van der Waals surface area contributed by atoms with E-state index in [4.69, 9.17) is 17.4 Å². The van der Waals surface area contributed by atoms with Crippen molar-refractivity contribution in [1.29, 1.82) is 5.26 Å². The number of benzene rings is 1. The summed E-state index contributed by atoms with van der Waals surface area (Å²) < 4.78 is 13.3. The molecule has 1 aliphatic heterocycles. The highest BCUT2D eigenvalue weighted by atomic mass is 19.1. The fourth-order valence-electron chi connectivity index (χ4n) is 1.91. The van der Waals surface area contributed by atoms with Crippen molar-refractivity contribution in [2.45, 2.75) is 6.04 Å². The Kier molecular flexibility index (Phi) is 3.17. The van der Waals surface area contributed by atoms with E-state index in [2.05, 4.69) is 10.9 Å². The smallest absolute Gasteiger partial charge is 0.346 e. The molecule has 2 amide bonds. The van der Waals surface area contributed by atoms with Gasteiger partial charge in [-0.2, -0.15) is 10.3 Å². The molecule has 1 unspecified atom stereocenters. The summed E-state index contributed by atoms with van der Waals surface area (Å²) in [5.41, 5.74) is 6.07. The summed E-state index contributed by atoms with van der Waals surface area (Å²) >= 11 is 0. The SMILES string of the molecule is C#CCN1C(=O)N=C(N)C1c1ccc(F)c(C#N)c1. The van der Waals surface area contributed by atoms with Crippen molar-refractivity contribution in [1.82, 2.24) is 4.90 Å². The van der Waals surface area contributed by atoms with Crippen LogP contribution in [0.15, 0.2) is 23.2 Å². The molecule has 5 nitrogen and oxygen atoms in total. The zero-order chi connectivity index (χ0) is 14.0. The number of urea groups is 1. The number of hydrogen-bond acceptors (Lipinski definition) is 3. The maximum absolute atomic E-state index is 13.3. The molecule has 0 radical (unpaired) electrons. The first-order valence-corrected chi connectivity index (χ1v) is 5.36. The second-order valence-corrected chi connectivity index (χ2v) is 3.90. The Bertz CT molecular complexity index is 654. The van der Waals surface area contributed by atoms with E-state index < -0.39 is 17.9 Å². The first-order chi connectivity index (χ1) is 9.08. The van der Waals surface area contributed by atoms with Gasteiger partial charge in [0.2, 0.25) is 0 Å². The molecule has 1 aromatic rings. The Labute approximate surface area is 109 Å². The zero-order valence-corrected chi connectivity index (χ0v) is 9.80. The van der Waals surface area contributed by atoms with E-state index in [1.807, 2.05) is 0 Å². The number of nitrogens with zero attached hydrogens (tertiary/aromatic N) is 3. The van der Waals surface area contributed by atoms with E-state index in [0.717, 1.165) is 6.07 Å². The Morgan fingerprint density at radius 3 is 2.95 bits per heavy atom.